The Hall–Kier alpha value is -2.75. The summed E-state index contributed by atoms with van der Waals surface area (Å²) in [7, 11) is 5.35. The van der Waals surface area contributed by atoms with Crippen LogP contribution in [0.3, 0.4) is 0 Å². The van der Waals surface area contributed by atoms with Crippen LogP contribution in [0.15, 0.2) is 47.4 Å². The number of aromatic nitrogens is 1. The van der Waals surface area contributed by atoms with Crippen molar-refractivity contribution in [2.45, 2.75) is 47.4 Å². The van der Waals surface area contributed by atoms with Gasteiger partial charge in [-0.2, -0.15) is 0 Å². The van der Waals surface area contributed by atoms with Gasteiger partial charge in [-0.1, -0.05) is 21.2 Å². The van der Waals surface area contributed by atoms with E-state index in [2.05, 4.69) is 27.4 Å². The molecule has 0 bridgehead atoms. The molecule has 1 aliphatic rings. The van der Waals surface area contributed by atoms with E-state index in [1.165, 1.54) is 16.7 Å². The molecule has 246 valence electrons. The van der Waals surface area contributed by atoms with Gasteiger partial charge >= 0.3 is 0 Å². The van der Waals surface area contributed by atoms with Crippen LogP contribution in [0.4, 0.5) is 20.2 Å². The van der Waals surface area contributed by atoms with E-state index in [9.17, 15) is 22.3 Å². The number of likely N-dealkylation sites (tertiary alicyclic amines) is 1. The van der Waals surface area contributed by atoms with Crippen LogP contribution in [0.2, 0.25) is 0 Å². The molecule has 2 aromatic carbocycles. The first-order valence-electron chi connectivity index (χ1n) is 15.2. The number of nitrogens with one attached hydrogen (secondary N) is 2. The molecule has 46 heavy (non-hydrogen) atoms. The molecule has 1 saturated heterocycles. The zero-order valence-corrected chi connectivity index (χ0v) is 29.0. The number of nitrogens with zero attached hydrogens (tertiary/aromatic N) is 2. The maximum Gasteiger partial charge on any atom is 0.276 e. The molecule has 2 atom stereocenters. The quantitative estimate of drug-likeness (QED) is 0.139. The second-order valence-corrected chi connectivity index (χ2v) is 15.6. The lowest BCUT2D eigenvalue weighted by molar-refractivity contribution is 0.0327. The summed E-state index contributed by atoms with van der Waals surface area (Å²) in [5.41, 5.74) is -0.502. The number of β-amino-alcohol motifs (C(OH)–C–C–N with tert-alkyl or cyclic N) is 1. The molecule has 2 heterocycles. The molecule has 2 unspecified atom stereocenters. The van der Waals surface area contributed by atoms with Gasteiger partial charge in [0.15, 0.2) is 9.84 Å². The molecule has 0 radical (unpaired) electrons. The normalized spacial score (nSPS) is 15.7. The number of ether oxygens (including phenoxy) is 2. The van der Waals surface area contributed by atoms with Crippen LogP contribution in [0.25, 0.3) is 10.9 Å². The Bertz CT molecular complexity index is 1680. The number of methoxy groups -OCH3 is 1. The van der Waals surface area contributed by atoms with Gasteiger partial charge in [-0.25, -0.2) is 17.2 Å². The first-order valence-corrected chi connectivity index (χ1v) is 17.7. The molecule has 3 aromatic rings. The third-order valence-electron chi connectivity index (χ3n) is 7.47. The fourth-order valence-electron chi connectivity index (χ4n) is 5.49. The minimum Gasteiger partial charge on any atom is -0.511 e. The predicted molar refractivity (Wildman–Crippen MR) is 191 cm³/mol. The topological polar surface area (TPSA) is 105 Å². The standard InChI is InChI=1S/C30H42B3F2N4O5PS/c1-43-18-22(40)17-38-13-10-20(11-14-38)37-25-6-3-7-27-24(25)15-21(39(27)19-29(34,35)45)5-4-12-36-26-9-8-23(46(2,41)42)16-28(26)44-30(31,32)33/h3,6-9,15-16,20,22,36-37,40H,10-14,17-19,31-33,45H2,1-2H3. The number of benzene rings is 2. The first kappa shape index (κ1) is 36.1. The molecule has 0 spiro atoms. The molecule has 1 fully saturated rings. The Morgan fingerprint density at radius 3 is 2.50 bits per heavy atom. The maximum absolute atomic E-state index is 14.3. The second-order valence-electron chi connectivity index (χ2n) is 12.7. The van der Waals surface area contributed by atoms with Crippen molar-refractivity contribution in [3.8, 4) is 17.6 Å². The summed E-state index contributed by atoms with van der Waals surface area (Å²) in [5.74, 6) is 6.48. The zero-order valence-electron chi connectivity index (χ0n) is 27.1. The van der Waals surface area contributed by atoms with Gasteiger partial charge in [0.25, 0.3) is 5.66 Å². The summed E-state index contributed by atoms with van der Waals surface area (Å²) in [6, 6.07) is 12.3. The van der Waals surface area contributed by atoms with Crippen molar-refractivity contribution < 1.29 is 31.8 Å². The molecule has 1 aromatic heterocycles. The lowest BCUT2D eigenvalue weighted by Crippen LogP contribution is -2.43. The highest BCUT2D eigenvalue weighted by molar-refractivity contribution is 7.90. The summed E-state index contributed by atoms with van der Waals surface area (Å²) < 4.78 is 65.5. The number of sulfone groups is 1. The second kappa shape index (κ2) is 15.0. The third kappa shape index (κ3) is 10.4. The number of aliphatic hydroxyl groups excluding tert-OH is 1. The molecule has 3 N–H and O–H groups in total. The predicted octanol–water partition coefficient (Wildman–Crippen LogP) is 0.749. The number of anilines is 2. The Morgan fingerprint density at radius 1 is 1.15 bits per heavy atom. The maximum atomic E-state index is 14.3. The highest BCUT2D eigenvalue weighted by Crippen LogP contribution is 2.33. The van der Waals surface area contributed by atoms with E-state index in [1.807, 2.05) is 47.8 Å². The largest absolute Gasteiger partial charge is 0.511 e. The van der Waals surface area contributed by atoms with Crippen molar-refractivity contribution in [1.82, 2.24) is 9.47 Å². The number of hydrogen-bond donors (Lipinski definition) is 3. The minimum absolute atomic E-state index is 0.141. The van der Waals surface area contributed by atoms with E-state index >= 15 is 0 Å². The smallest absolute Gasteiger partial charge is 0.276 e. The van der Waals surface area contributed by atoms with Crippen LogP contribution < -0.4 is 15.4 Å². The van der Waals surface area contributed by atoms with E-state index in [-0.39, 0.29) is 17.5 Å². The molecular formula is C30H42B3F2N4O5PS. The van der Waals surface area contributed by atoms with Crippen LogP contribution in [-0.4, -0.2) is 116 Å². The average Bonchev–Trinajstić information content (AvgIpc) is 3.28. The number of piperidine rings is 1. The van der Waals surface area contributed by atoms with Gasteiger partial charge in [-0.05, 0) is 49.1 Å². The number of rotatable bonds is 13. The fraction of sp³-hybridized carbons (Fsp3) is 0.467. The summed E-state index contributed by atoms with van der Waals surface area (Å²) in [6.07, 6.45) is 2.38. The molecule has 9 nitrogen and oxygen atoms in total. The number of fused-ring (bicyclic) bond motifs is 1. The van der Waals surface area contributed by atoms with Crippen molar-refractivity contribution in [3.63, 3.8) is 0 Å². The van der Waals surface area contributed by atoms with Crippen LogP contribution in [0, 0.1) is 11.8 Å². The minimum atomic E-state index is -3.44. The third-order valence-corrected chi connectivity index (χ3v) is 8.76. The number of halogens is 2. The molecule has 4 rings (SSSR count). The van der Waals surface area contributed by atoms with Crippen LogP contribution in [-0.2, 0) is 21.1 Å². The average molecular weight is 672 g/mol. The van der Waals surface area contributed by atoms with Crippen LogP contribution in [0.1, 0.15) is 18.5 Å². The summed E-state index contributed by atoms with van der Waals surface area (Å²) in [4.78, 5) is 2.36. The van der Waals surface area contributed by atoms with Crippen LogP contribution >= 0.6 is 9.24 Å². The number of alkyl halides is 2. The van der Waals surface area contributed by atoms with Crippen molar-refractivity contribution in [2.24, 2.45) is 0 Å². The van der Waals surface area contributed by atoms with E-state index in [4.69, 9.17) is 9.47 Å². The molecule has 0 amide bonds. The van der Waals surface area contributed by atoms with Crippen molar-refractivity contribution in [1.29, 1.82) is 0 Å². The molecule has 16 heteroatoms. The Balaban J connectivity index is 1.54. The van der Waals surface area contributed by atoms with Gasteiger partial charge in [0.2, 0.25) is 0 Å². The van der Waals surface area contributed by atoms with Crippen molar-refractivity contribution in [3.05, 3.63) is 48.2 Å². The summed E-state index contributed by atoms with van der Waals surface area (Å²) >= 11 is 0. The molecule has 0 saturated carbocycles. The zero-order chi connectivity index (χ0) is 33.7. The molecule has 1 aliphatic heterocycles. The van der Waals surface area contributed by atoms with Gasteiger partial charge < -0.3 is 34.7 Å². The van der Waals surface area contributed by atoms with Gasteiger partial charge in [0.1, 0.15) is 29.3 Å². The van der Waals surface area contributed by atoms with Crippen molar-refractivity contribution in [2.75, 3.05) is 56.8 Å². The Kier molecular flexibility index (Phi) is 11.8. The first-order chi connectivity index (χ1) is 21.5. The lowest BCUT2D eigenvalue weighted by Gasteiger charge is -2.34. The number of aliphatic hydroxyl groups is 1. The lowest BCUT2D eigenvalue weighted by atomic mass is 9.52. The number of hydrogen-bond acceptors (Lipinski definition) is 8. The molecule has 0 aliphatic carbocycles. The highest BCUT2D eigenvalue weighted by Gasteiger charge is 2.26. The van der Waals surface area contributed by atoms with Crippen LogP contribution in [0.5, 0.6) is 5.75 Å². The van der Waals surface area contributed by atoms with Gasteiger partial charge in [0.05, 0.1) is 47.6 Å². The molecular weight excluding hydrogens is 630 g/mol. The van der Waals surface area contributed by atoms with Crippen molar-refractivity contribution >= 4 is 64.9 Å². The monoisotopic (exact) mass is 672 g/mol. The van der Waals surface area contributed by atoms with Gasteiger partial charge in [-0.3, -0.25) is 0 Å². The van der Waals surface area contributed by atoms with Gasteiger partial charge in [0, 0.05) is 61.5 Å². The Morgan fingerprint density at radius 2 is 1.87 bits per heavy atom. The van der Waals surface area contributed by atoms with E-state index < -0.39 is 33.4 Å². The summed E-state index contributed by atoms with van der Waals surface area (Å²) in [6.45, 7) is 2.14. The Labute approximate surface area is 275 Å². The van der Waals surface area contributed by atoms with E-state index in [0.29, 0.717) is 35.8 Å². The fourth-order valence-corrected chi connectivity index (χ4v) is 6.30. The highest BCUT2D eigenvalue weighted by atomic mass is 32.2. The summed E-state index contributed by atoms with van der Waals surface area (Å²) in [5, 5.41) is 17.1. The SMILES string of the molecule is BC(B)(B)Oc1cc(S(C)(=O)=O)ccc1NCC#Cc1cc2c(NC3CCN(CC(O)COC)CC3)cccc2n1CC(F)(F)P. The van der Waals surface area contributed by atoms with E-state index in [1.54, 1.807) is 22.4 Å². The van der Waals surface area contributed by atoms with E-state index in [0.717, 1.165) is 43.3 Å². The van der Waals surface area contributed by atoms with Gasteiger partial charge in [-0.15, -0.1) is 0 Å².